The quantitative estimate of drug-likeness (QED) is 0.165. The summed E-state index contributed by atoms with van der Waals surface area (Å²) >= 11 is 0. The van der Waals surface area contributed by atoms with E-state index >= 15 is 0 Å². The second-order valence-corrected chi connectivity index (χ2v) is 11.6. The minimum Gasteiger partial charge on any atom is -0.496 e. The Bertz CT molecular complexity index is 1520. The predicted molar refractivity (Wildman–Crippen MR) is 176 cm³/mol. The zero-order valence-electron chi connectivity index (χ0n) is 26.7. The van der Waals surface area contributed by atoms with E-state index in [1.54, 1.807) is 31.2 Å². The standard InChI is InChI=1S/C34H42FN3O6.ClH/c1-21(19-36)16-31(39)43-15-7-14-42-24-10-11-26(30(18-24)41-6)25-12-13-28-32(38(5)33(40)34(3,4)37-28)27(25)20-44-29-17-23(35)9-8-22(29)2;/h8-13,17-18,21,37H,7,14-16,19-20,36H2,1-6H3;1H. The number of nitrogens with two attached hydrogens (primary N) is 1. The molecule has 0 fully saturated rings. The van der Waals surface area contributed by atoms with Gasteiger partial charge in [-0.05, 0) is 68.6 Å². The molecule has 11 heteroatoms. The van der Waals surface area contributed by atoms with Crippen LogP contribution in [-0.4, -0.2) is 51.3 Å². The number of ether oxygens (including phenoxy) is 4. The Labute approximate surface area is 270 Å². The van der Waals surface area contributed by atoms with E-state index in [0.29, 0.717) is 48.9 Å². The van der Waals surface area contributed by atoms with Gasteiger partial charge >= 0.3 is 5.97 Å². The van der Waals surface area contributed by atoms with Crippen LogP contribution >= 0.6 is 12.4 Å². The molecule has 1 atom stereocenters. The number of likely N-dealkylation sites (N-methyl/N-ethyl adjacent to an activating group) is 1. The summed E-state index contributed by atoms with van der Waals surface area (Å²) in [6, 6.07) is 13.8. The van der Waals surface area contributed by atoms with Crippen LogP contribution in [-0.2, 0) is 20.9 Å². The van der Waals surface area contributed by atoms with Crippen LogP contribution in [0.25, 0.3) is 11.1 Å². The Morgan fingerprint density at radius 3 is 2.49 bits per heavy atom. The molecule has 3 aromatic rings. The number of carbonyl (C=O) groups excluding carboxylic acids is 2. The highest BCUT2D eigenvalue weighted by atomic mass is 35.5. The highest BCUT2D eigenvalue weighted by Gasteiger charge is 2.38. The van der Waals surface area contributed by atoms with Gasteiger partial charge in [0.1, 0.15) is 35.2 Å². The number of nitrogens with one attached hydrogen (secondary N) is 1. The maximum absolute atomic E-state index is 14.1. The number of halogens is 2. The van der Waals surface area contributed by atoms with Gasteiger partial charge in [-0.15, -0.1) is 12.4 Å². The summed E-state index contributed by atoms with van der Waals surface area (Å²) in [5.74, 6) is 0.899. The maximum atomic E-state index is 14.1. The first-order chi connectivity index (χ1) is 20.9. The van der Waals surface area contributed by atoms with Crippen molar-refractivity contribution in [2.24, 2.45) is 11.7 Å². The molecule has 244 valence electrons. The van der Waals surface area contributed by atoms with Gasteiger partial charge in [0.05, 0.1) is 31.7 Å². The minimum atomic E-state index is -0.793. The average molecular weight is 644 g/mol. The number of nitrogens with zero attached hydrogens (tertiary/aromatic N) is 1. The second-order valence-electron chi connectivity index (χ2n) is 11.6. The van der Waals surface area contributed by atoms with E-state index < -0.39 is 11.4 Å². The number of hydrogen-bond donors (Lipinski definition) is 2. The molecule has 1 amide bonds. The van der Waals surface area contributed by atoms with Crippen molar-refractivity contribution in [2.45, 2.75) is 52.7 Å². The zero-order chi connectivity index (χ0) is 32.0. The van der Waals surface area contributed by atoms with Gasteiger partial charge in [-0.3, -0.25) is 9.59 Å². The molecule has 0 aromatic heterocycles. The van der Waals surface area contributed by atoms with Crippen LogP contribution in [0, 0.1) is 18.7 Å². The molecule has 3 N–H and O–H groups in total. The largest absolute Gasteiger partial charge is 0.496 e. The minimum absolute atomic E-state index is 0. The number of rotatable bonds is 13. The summed E-state index contributed by atoms with van der Waals surface area (Å²) < 4.78 is 37.2. The van der Waals surface area contributed by atoms with Crippen molar-refractivity contribution < 1.29 is 32.9 Å². The molecule has 0 aliphatic carbocycles. The Morgan fingerprint density at radius 2 is 1.78 bits per heavy atom. The molecular formula is C34H43ClFN3O6. The molecule has 9 nitrogen and oxygen atoms in total. The molecule has 0 spiro atoms. The van der Waals surface area contributed by atoms with Crippen molar-refractivity contribution in [3.8, 4) is 28.4 Å². The van der Waals surface area contributed by atoms with Gasteiger partial charge in [0.15, 0.2) is 0 Å². The summed E-state index contributed by atoms with van der Waals surface area (Å²) in [6.07, 6.45) is 0.827. The third kappa shape index (κ3) is 8.38. The van der Waals surface area contributed by atoms with E-state index in [9.17, 15) is 14.0 Å². The lowest BCUT2D eigenvalue weighted by molar-refractivity contribution is -0.144. The molecule has 0 bridgehead atoms. The van der Waals surface area contributed by atoms with Crippen LogP contribution in [0.4, 0.5) is 15.8 Å². The van der Waals surface area contributed by atoms with Gasteiger partial charge in [-0.2, -0.15) is 0 Å². The van der Waals surface area contributed by atoms with Crippen LogP contribution < -0.4 is 30.2 Å². The smallest absolute Gasteiger partial charge is 0.306 e. The number of anilines is 2. The Morgan fingerprint density at radius 1 is 1.04 bits per heavy atom. The SMILES string of the molecule is COc1cc(OCCCOC(=O)CC(C)CN)ccc1-c1ccc2c(c1COc1cc(F)ccc1C)N(C)C(=O)C(C)(C)N2.Cl. The third-order valence-electron chi connectivity index (χ3n) is 7.63. The number of aryl methyl sites for hydroxylation is 1. The number of esters is 1. The highest BCUT2D eigenvalue weighted by Crippen LogP contribution is 2.45. The molecule has 3 aromatic carbocycles. The van der Waals surface area contributed by atoms with Crippen molar-refractivity contribution in [1.29, 1.82) is 0 Å². The Kier molecular flexibility index (Phi) is 12.1. The van der Waals surface area contributed by atoms with Gasteiger partial charge in [0, 0.05) is 43.1 Å². The fourth-order valence-electron chi connectivity index (χ4n) is 5.15. The first-order valence-corrected chi connectivity index (χ1v) is 14.7. The summed E-state index contributed by atoms with van der Waals surface area (Å²) in [5.41, 5.74) is 9.33. The first-order valence-electron chi connectivity index (χ1n) is 14.7. The molecule has 1 unspecified atom stereocenters. The van der Waals surface area contributed by atoms with E-state index in [4.69, 9.17) is 24.7 Å². The predicted octanol–water partition coefficient (Wildman–Crippen LogP) is 6.27. The highest BCUT2D eigenvalue weighted by molar-refractivity contribution is 6.08. The number of benzene rings is 3. The number of carbonyl (C=O) groups is 2. The normalized spacial score (nSPS) is 14.0. The lowest BCUT2D eigenvalue weighted by Crippen LogP contribution is -2.52. The third-order valence-corrected chi connectivity index (χ3v) is 7.63. The lowest BCUT2D eigenvalue weighted by atomic mass is 9.91. The fraction of sp³-hybridized carbons (Fsp3) is 0.412. The van der Waals surface area contributed by atoms with Gasteiger partial charge in [0.2, 0.25) is 0 Å². The van der Waals surface area contributed by atoms with Crippen molar-refractivity contribution in [3.63, 3.8) is 0 Å². The summed E-state index contributed by atoms with van der Waals surface area (Å²) in [5, 5.41) is 3.35. The Hall–Kier alpha value is -4.02. The number of methoxy groups -OCH3 is 1. The monoisotopic (exact) mass is 643 g/mol. The Balaban J connectivity index is 0.00000552. The molecule has 0 saturated heterocycles. The van der Waals surface area contributed by atoms with Gasteiger partial charge in [-0.25, -0.2) is 4.39 Å². The second kappa shape index (κ2) is 15.3. The average Bonchev–Trinajstić information content (AvgIpc) is 2.99. The fourth-order valence-corrected chi connectivity index (χ4v) is 5.15. The van der Waals surface area contributed by atoms with E-state index in [1.165, 1.54) is 12.1 Å². The topological polar surface area (TPSA) is 112 Å². The molecule has 1 aliphatic heterocycles. The van der Waals surface area contributed by atoms with Crippen LogP contribution in [0.1, 0.15) is 44.7 Å². The molecule has 45 heavy (non-hydrogen) atoms. The van der Waals surface area contributed by atoms with Gasteiger partial charge in [0.25, 0.3) is 5.91 Å². The number of hydrogen-bond acceptors (Lipinski definition) is 8. The van der Waals surface area contributed by atoms with E-state index in [1.807, 2.05) is 52.0 Å². The number of fused-ring (bicyclic) bond motifs is 1. The van der Waals surface area contributed by atoms with Crippen molar-refractivity contribution >= 4 is 35.7 Å². The molecular weight excluding hydrogens is 601 g/mol. The van der Waals surface area contributed by atoms with E-state index in [0.717, 1.165) is 27.9 Å². The zero-order valence-corrected chi connectivity index (χ0v) is 27.5. The van der Waals surface area contributed by atoms with Crippen LogP contribution in [0.2, 0.25) is 0 Å². The van der Waals surface area contributed by atoms with Crippen molar-refractivity contribution in [1.82, 2.24) is 0 Å². The van der Waals surface area contributed by atoms with Crippen LogP contribution in [0.15, 0.2) is 48.5 Å². The maximum Gasteiger partial charge on any atom is 0.306 e. The molecule has 4 rings (SSSR count). The van der Waals surface area contributed by atoms with Crippen LogP contribution in [0.5, 0.6) is 17.2 Å². The van der Waals surface area contributed by atoms with Crippen molar-refractivity contribution in [2.75, 3.05) is 44.1 Å². The van der Waals surface area contributed by atoms with E-state index in [-0.39, 0.29) is 43.4 Å². The summed E-state index contributed by atoms with van der Waals surface area (Å²) in [4.78, 5) is 26.8. The van der Waals surface area contributed by atoms with Crippen LogP contribution in [0.3, 0.4) is 0 Å². The van der Waals surface area contributed by atoms with Gasteiger partial charge < -0.3 is 34.9 Å². The molecule has 1 aliphatic rings. The number of amides is 1. The first kappa shape index (κ1) is 35.5. The molecule has 0 saturated carbocycles. The molecule has 1 heterocycles. The van der Waals surface area contributed by atoms with E-state index in [2.05, 4.69) is 5.32 Å². The molecule has 0 radical (unpaired) electrons. The summed E-state index contributed by atoms with van der Waals surface area (Å²) in [6.45, 7) is 8.55. The van der Waals surface area contributed by atoms with Crippen molar-refractivity contribution in [3.05, 3.63) is 65.5 Å². The van der Waals surface area contributed by atoms with Gasteiger partial charge in [-0.1, -0.05) is 19.1 Å². The summed E-state index contributed by atoms with van der Waals surface area (Å²) in [7, 11) is 3.32. The lowest BCUT2D eigenvalue weighted by Gasteiger charge is -2.39.